The van der Waals surface area contributed by atoms with Crippen LogP contribution in [-0.4, -0.2) is 12.4 Å². The fourth-order valence-corrected chi connectivity index (χ4v) is 16.7. The van der Waals surface area contributed by atoms with E-state index in [2.05, 4.69) is 420 Å². The molecule has 0 unspecified atom stereocenters. The molecule has 0 amide bonds. The van der Waals surface area contributed by atoms with E-state index in [1.54, 1.807) is 6.07 Å². The molecule has 136 heavy (non-hydrogen) atoms. The number of rotatable bonds is 11. The first-order chi connectivity index (χ1) is 61.5. The zero-order chi connectivity index (χ0) is 106. The van der Waals surface area contributed by atoms with Crippen LogP contribution in [0.2, 0.25) is 0 Å². The maximum absolute atomic E-state index is 12.9. The lowest BCUT2D eigenvalue weighted by molar-refractivity contribution is -0.211. The summed E-state index contributed by atoms with van der Waals surface area (Å²) >= 11 is 0. The van der Waals surface area contributed by atoms with Crippen molar-refractivity contribution in [2.45, 2.75) is 438 Å². The van der Waals surface area contributed by atoms with Crippen molar-refractivity contribution in [3.63, 3.8) is 0 Å². The van der Waals surface area contributed by atoms with Crippen molar-refractivity contribution >= 4 is 0 Å². The van der Waals surface area contributed by atoms with E-state index in [1.807, 2.05) is 52.0 Å². The molecule has 0 aliphatic heterocycles. The average molecular weight is 1870 g/mol. The minimum Gasteiger partial charge on any atom is -0.171 e. The highest BCUT2D eigenvalue weighted by atomic mass is 19.4. The molecule has 0 aromatic heterocycles. The summed E-state index contributed by atoms with van der Waals surface area (Å²) in [6, 6.07) is 52.3. The van der Waals surface area contributed by atoms with Crippen molar-refractivity contribution in [1.82, 2.24) is 0 Å². The van der Waals surface area contributed by atoms with Gasteiger partial charge in [-0.2, -0.15) is 26.3 Å². The number of aryl methyl sites for hydroxylation is 17. The molecule has 0 nitrogen and oxygen atoms in total. The van der Waals surface area contributed by atoms with E-state index in [0.29, 0.717) is 28.6 Å². The SMILES string of the molecule is Cc1c(C(C)C)cccc1C(C)C.Cc1cc(C(C)(C)C)cc(C)c1C.Cc1cc(C(C)C)cc(C)c1C.Cc1cc(C)c(C)c(C)c1.Cc1cc(CC(C)(C)C(F)(F)F)cc(C)c1C.Cc1cc(CC(C)(C)C)cc(C)c1C.Cc1cc(CC(C)C)cc(C)c1C.Cc1ccc(CC(C)(C)C(F)(F)F)cc1C(C)(C)C.Cc1ccc(CC(C)(C)C)cc1C(C)(C)C.Cc1cccc(C)c1C. The average Bonchev–Trinajstić information content (AvgIpc) is 0.797. The van der Waals surface area contributed by atoms with Gasteiger partial charge in [-0.05, 0) is 451 Å². The van der Waals surface area contributed by atoms with Crippen molar-refractivity contribution in [1.29, 1.82) is 0 Å². The molecule has 0 atom stereocenters. The van der Waals surface area contributed by atoms with Gasteiger partial charge in [0, 0.05) is 0 Å². The van der Waals surface area contributed by atoms with E-state index >= 15 is 0 Å². The smallest absolute Gasteiger partial charge is 0.171 e. The van der Waals surface area contributed by atoms with Gasteiger partial charge >= 0.3 is 12.4 Å². The van der Waals surface area contributed by atoms with Gasteiger partial charge in [0.15, 0.2) is 0 Å². The lowest BCUT2D eigenvalue weighted by Gasteiger charge is -2.29. The van der Waals surface area contributed by atoms with Gasteiger partial charge in [-0.15, -0.1) is 0 Å². The van der Waals surface area contributed by atoms with Gasteiger partial charge in [0.05, 0.1) is 10.8 Å². The summed E-state index contributed by atoms with van der Waals surface area (Å²) in [7, 11) is 0. The van der Waals surface area contributed by atoms with Gasteiger partial charge in [0.25, 0.3) is 0 Å². The van der Waals surface area contributed by atoms with Crippen LogP contribution in [0.3, 0.4) is 0 Å². The van der Waals surface area contributed by atoms with E-state index in [4.69, 9.17) is 0 Å². The summed E-state index contributed by atoms with van der Waals surface area (Å²) in [6.07, 6.45) is -4.80. The lowest BCUT2D eigenvalue weighted by atomic mass is 9.80. The van der Waals surface area contributed by atoms with Crippen LogP contribution >= 0.6 is 0 Å². The Balaban J connectivity index is 0.000000760. The number of benzene rings is 10. The number of halogens is 6. The third-order valence-corrected chi connectivity index (χ3v) is 27.1. The van der Waals surface area contributed by atoms with E-state index in [1.165, 1.54) is 195 Å². The highest BCUT2D eigenvalue weighted by Crippen LogP contribution is 2.43. The van der Waals surface area contributed by atoms with Crippen LogP contribution in [0.15, 0.2) is 146 Å². The standard InChI is InChI=1S/C16H23F3.C16H26.C14H19F3.C14H22.3C13H20.C12H18.C10H14.C9H12/c1-11-7-8-12(9-13(11)14(2,3)4)10-15(5,6)16(17,18)19;1-12-8-9-13(11-15(2,3)4)10-14(12)16(5,6)7;1-9-6-12(7-10(2)11(9)3)8-13(4,5)14(15,16)17;1-10-7-13(9-14(4,5)6)8-11(2)12(10)3;1-9-7-12(13(4,5)6)8-10(2)11(9)3;1-9(2)6-13-7-10(3)12(5)11(4)8-13;1-9(2)12-7-6-8-13(10(3)4)11(12)5;1-8(2)12-6-9(3)11(5)10(4)7-12;1-7-5-8(2)10(4)9(3)6-7;1-7-5-4-6-8(2)9(7)3/h7-9H,10H2,1-6H3;8-10H,11H2,1-7H3;6-7H,8H2,1-5H3;7-8H,9H2,1-6H3;7-8H,1-6H3;7-9H,6H2,1-5H3;6-10H,1-5H3;6-8H,1-5H3;5-6H,1-4H3;4-6H,1-3H3. The minimum atomic E-state index is -4.18. The first-order valence-corrected chi connectivity index (χ1v) is 50.4. The zero-order valence-electron chi connectivity index (χ0n) is 96.5. The number of hydrogen-bond acceptors (Lipinski definition) is 0. The summed E-state index contributed by atoms with van der Waals surface area (Å²) in [5.74, 6) is 2.67. The normalized spacial score (nSPS) is 11.9. The quantitative estimate of drug-likeness (QED) is 0.113. The molecule has 0 radical (unpaired) electrons. The summed E-state index contributed by atoms with van der Waals surface area (Å²) in [5, 5.41) is 0. The number of hydrogen-bond donors (Lipinski definition) is 0. The van der Waals surface area contributed by atoms with E-state index < -0.39 is 23.2 Å². The van der Waals surface area contributed by atoms with Crippen LogP contribution in [0.1, 0.15) is 405 Å². The largest absolute Gasteiger partial charge is 0.394 e. The summed E-state index contributed by atoms with van der Waals surface area (Å²) in [5.41, 5.74) is 46.3. The molecular formula is C130H194F6. The topological polar surface area (TPSA) is 0 Å². The van der Waals surface area contributed by atoms with Crippen molar-refractivity contribution < 1.29 is 26.3 Å². The van der Waals surface area contributed by atoms with Gasteiger partial charge in [0.2, 0.25) is 0 Å². The van der Waals surface area contributed by atoms with Gasteiger partial charge in [-0.1, -0.05) is 338 Å². The van der Waals surface area contributed by atoms with Gasteiger partial charge in [-0.3, -0.25) is 0 Å². The maximum Gasteiger partial charge on any atom is 0.394 e. The fraction of sp³-hybridized carbons (Fsp3) is 0.538. The molecule has 6 heteroatoms. The van der Waals surface area contributed by atoms with Crippen molar-refractivity contribution in [3.8, 4) is 0 Å². The van der Waals surface area contributed by atoms with E-state index in [-0.39, 0.29) is 29.1 Å². The molecule has 0 saturated heterocycles. The highest BCUT2D eigenvalue weighted by molar-refractivity contribution is 5.45. The molecule has 0 fully saturated rings. The van der Waals surface area contributed by atoms with Crippen LogP contribution < -0.4 is 0 Å². The second-order valence-corrected chi connectivity index (χ2v) is 48.4. The Morgan fingerprint density at radius 2 is 0.471 bits per heavy atom. The fourth-order valence-electron chi connectivity index (χ4n) is 16.7. The van der Waals surface area contributed by atoms with Crippen LogP contribution in [0.5, 0.6) is 0 Å². The van der Waals surface area contributed by atoms with E-state index in [0.717, 1.165) is 57.7 Å². The van der Waals surface area contributed by atoms with Crippen LogP contribution in [0.4, 0.5) is 26.3 Å². The van der Waals surface area contributed by atoms with Crippen LogP contribution in [0, 0.1) is 201 Å². The summed E-state index contributed by atoms with van der Waals surface area (Å²) in [6.45, 7) is 110. The Hall–Kier alpha value is -8.22. The Morgan fingerprint density at radius 3 is 0.735 bits per heavy atom. The van der Waals surface area contributed by atoms with Crippen molar-refractivity contribution in [2.75, 3.05) is 0 Å². The van der Waals surface area contributed by atoms with Gasteiger partial charge in [0.1, 0.15) is 0 Å². The molecule has 0 spiro atoms. The molecule has 756 valence electrons. The van der Waals surface area contributed by atoms with Crippen molar-refractivity contribution in [2.24, 2.45) is 27.6 Å². The molecule has 10 aromatic rings. The molecule has 0 N–H and O–H groups in total. The molecule has 0 saturated carbocycles. The third-order valence-electron chi connectivity index (χ3n) is 27.1. The molecule has 0 aliphatic carbocycles. The third kappa shape index (κ3) is 42.9. The Kier molecular flexibility index (Phi) is 48.9. The van der Waals surface area contributed by atoms with Crippen LogP contribution in [-0.2, 0) is 48.3 Å². The molecule has 10 aromatic carbocycles. The molecule has 0 heterocycles. The summed E-state index contributed by atoms with van der Waals surface area (Å²) in [4.78, 5) is 0. The monoisotopic (exact) mass is 1870 g/mol. The lowest BCUT2D eigenvalue weighted by Crippen LogP contribution is -2.34. The summed E-state index contributed by atoms with van der Waals surface area (Å²) < 4.78 is 77.2. The molecule has 0 bridgehead atoms. The second kappa shape index (κ2) is 52.9. The zero-order valence-corrected chi connectivity index (χ0v) is 96.5. The first-order valence-electron chi connectivity index (χ1n) is 50.4. The van der Waals surface area contributed by atoms with Gasteiger partial charge in [-0.25, -0.2) is 0 Å². The predicted molar refractivity (Wildman–Crippen MR) is 593 cm³/mol. The van der Waals surface area contributed by atoms with Crippen molar-refractivity contribution in [3.05, 3.63) is 346 Å². The molecule has 10 rings (SSSR count). The van der Waals surface area contributed by atoms with E-state index in [9.17, 15) is 26.3 Å². The van der Waals surface area contributed by atoms with Gasteiger partial charge < -0.3 is 0 Å². The molecule has 0 aliphatic rings. The molecular weight excluding hydrogens is 1680 g/mol. The highest BCUT2D eigenvalue weighted by Gasteiger charge is 2.48. The van der Waals surface area contributed by atoms with Crippen LogP contribution in [0.25, 0.3) is 0 Å². The number of alkyl halides is 6. The first kappa shape index (κ1) is 126. The second-order valence-electron chi connectivity index (χ2n) is 48.4. The Labute approximate surface area is 833 Å². The minimum absolute atomic E-state index is 0.0138. The Morgan fingerprint density at radius 1 is 0.221 bits per heavy atom. The predicted octanol–water partition coefficient (Wildman–Crippen LogP) is 40.5. The Bertz CT molecular complexity index is 5230. The maximum atomic E-state index is 12.9.